The van der Waals surface area contributed by atoms with E-state index in [1.807, 2.05) is 60.7 Å². The SMILES string of the molecule is CN1CCN(Cc2ccc3c(c2O)-c2ccc(cc2O)CCc2ccc(O)c(c2)Oc2ccc(cc2)CC3)CC1. The first kappa shape index (κ1) is 26.2. The summed E-state index contributed by atoms with van der Waals surface area (Å²) in [6, 6.07) is 23.3. The smallest absolute Gasteiger partial charge is 0.169 e. The molecule has 9 rings (SSSR count). The molecule has 0 amide bonds. The predicted octanol–water partition coefficient (Wildman–Crippen LogP) is 5.89. The summed E-state index contributed by atoms with van der Waals surface area (Å²) < 4.78 is 6.01. The number of phenolic OH excluding ortho intramolecular Hbond substituents is 3. The number of ether oxygens (including phenoxy) is 1. The van der Waals surface area contributed by atoms with E-state index in [4.69, 9.17) is 4.74 Å². The highest BCUT2D eigenvalue weighted by molar-refractivity contribution is 5.80. The maximum atomic E-state index is 11.6. The molecule has 206 valence electrons. The molecule has 0 aromatic heterocycles. The van der Waals surface area contributed by atoms with Crippen LogP contribution in [-0.4, -0.2) is 58.3 Å². The van der Waals surface area contributed by atoms with Crippen molar-refractivity contribution in [3.8, 4) is 39.9 Å². The van der Waals surface area contributed by atoms with E-state index < -0.39 is 0 Å². The van der Waals surface area contributed by atoms with Gasteiger partial charge in [0.05, 0.1) is 0 Å². The minimum Gasteiger partial charge on any atom is -0.507 e. The first-order valence-electron chi connectivity index (χ1n) is 14.1. The van der Waals surface area contributed by atoms with Gasteiger partial charge in [0, 0.05) is 49.4 Å². The van der Waals surface area contributed by atoms with Gasteiger partial charge in [-0.15, -0.1) is 0 Å². The molecule has 1 saturated heterocycles. The molecule has 6 bridgehead atoms. The zero-order valence-electron chi connectivity index (χ0n) is 22.9. The molecule has 5 aliphatic rings. The molecule has 3 N–H and O–H groups in total. The summed E-state index contributed by atoms with van der Waals surface area (Å²) in [5.74, 6) is 1.64. The van der Waals surface area contributed by atoms with Crippen LogP contribution in [0.4, 0.5) is 0 Å². The number of hydrogen-bond acceptors (Lipinski definition) is 6. The van der Waals surface area contributed by atoms with E-state index in [9.17, 15) is 15.3 Å². The van der Waals surface area contributed by atoms with Gasteiger partial charge in [-0.25, -0.2) is 0 Å². The lowest BCUT2D eigenvalue weighted by Gasteiger charge is -2.32. The van der Waals surface area contributed by atoms with Gasteiger partial charge < -0.3 is 25.0 Å². The number of aromatic hydroxyl groups is 3. The van der Waals surface area contributed by atoms with Gasteiger partial charge in [-0.3, -0.25) is 4.90 Å². The molecule has 0 spiro atoms. The van der Waals surface area contributed by atoms with Gasteiger partial charge in [-0.05, 0) is 85.3 Å². The lowest BCUT2D eigenvalue weighted by Crippen LogP contribution is -2.43. The Balaban J connectivity index is 1.38. The van der Waals surface area contributed by atoms with E-state index in [1.165, 1.54) is 0 Å². The van der Waals surface area contributed by atoms with Crippen LogP contribution in [0.15, 0.2) is 72.8 Å². The van der Waals surface area contributed by atoms with Crippen LogP contribution < -0.4 is 4.74 Å². The normalized spacial score (nSPS) is 16.2. The molecule has 6 nitrogen and oxygen atoms in total. The Bertz CT molecular complexity index is 1510. The van der Waals surface area contributed by atoms with Gasteiger partial charge in [0.1, 0.15) is 17.2 Å². The summed E-state index contributed by atoms with van der Waals surface area (Å²) in [5.41, 5.74) is 6.45. The van der Waals surface area contributed by atoms with Crippen molar-refractivity contribution in [2.24, 2.45) is 0 Å². The van der Waals surface area contributed by atoms with Crippen molar-refractivity contribution in [3.63, 3.8) is 0 Å². The Morgan fingerprint density at radius 2 is 1.35 bits per heavy atom. The molecule has 6 heteroatoms. The number of rotatable bonds is 2. The number of likely N-dealkylation sites (N-methyl/N-ethyl adjacent to an activating group) is 1. The number of piperazine rings is 1. The van der Waals surface area contributed by atoms with E-state index in [0.717, 1.165) is 78.8 Å². The highest BCUT2D eigenvalue weighted by atomic mass is 16.5. The second-order valence-corrected chi connectivity index (χ2v) is 11.1. The minimum atomic E-state index is 0.104. The third-order valence-electron chi connectivity index (χ3n) is 8.23. The standard InChI is InChI=1S/C34H36N2O4/c1-35-16-18-36(19-17-35)22-27-11-10-26-9-4-23-5-12-28(13-6-23)40-32-21-25(8-15-30(32)37)3-2-24-7-14-29(31(38)20-24)33(26)34(27)39/h5-8,10-15,20-21,37-39H,2-4,9,16-19,22H2,1H3. The lowest BCUT2D eigenvalue weighted by molar-refractivity contribution is 0.147. The summed E-state index contributed by atoms with van der Waals surface area (Å²) in [7, 11) is 2.14. The molecule has 0 radical (unpaired) electrons. The van der Waals surface area contributed by atoms with Gasteiger partial charge in [-0.2, -0.15) is 0 Å². The summed E-state index contributed by atoms with van der Waals surface area (Å²) in [5, 5.41) is 33.2. The summed E-state index contributed by atoms with van der Waals surface area (Å²) in [6.07, 6.45) is 2.92. The topological polar surface area (TPSA) is 76.4 Å². The quantitative estimate of drug-likeness (QED) is 0.296. The van der Waals surface area contributed by atoms with E-state index >= 15 is 0 Å². The molecule has 0 saturated carbocycles. The highest BCUT2D eigenvalue weighted by Crippen LogP contribution is 2.42. The predicted molar refractivity (Wildman–Crippen MR) is 157 cm³/mol. The third kappa shape index (κ3) is 5.64. The van der Waals surface area contributed by atoms with E-state index in [0.29, 0.717) is 30.0 Å². The maximum Gasteiger partial charge on any atom is 0.169 e. The van der Waals surface area contributed by atoms with Crippen LogP contribution in [0.2, 0.25) is 0 Å². The Kier molecular flexibility index (Phi) is 7.37. The molecule has 1 fully saturated rings. The zero-order chi connectivity index (χ0) is 27.6. The Morgan fingerprint density at radius 1 is 0.675 bits per heavy atom. The molecule has 5 aliphatic heterocycles. The van der Waals surface area contributed by atoms with Crippen molar-refractivity contribution in [2.75, 3.05) is 33.2 Å². The van der Waals surface area contributed by atoms with Crippen molar-refractivity contribution in [1.82, 2.24) is 9.80 Å². The molecular formula is C34H36N2O4. The highest BCUT2D eigenvalue weighted by Gasteiger charge is 2.21. The fourth-order valence-corrected chi connectivity index (χ4v) is 5.72. The van der Waals surface area contributed by atoms with Crippen LogP contribution in [0.25, 0.3) is 11.1 Å². The van der Waals surface area contributed by atoms with E-state index in [-0.39, 0.29) is 17.2 Å². The summed E-state index contributed by atoms with van der Waals surface area (Å²) in [6.45, 7) is 4.65. The van der Waals surface area contributed by atoms with Crippen LogP contribution in [0.5, 0.6) is 28.7 Å². The fraction of sp³-hybridized carbons (Fsp3) is 0.294. The van der Waals surface area contributed by atoms with Gasteiger partial charge in [-0.1, -0.05) is 42.5 Å². The van der Waals surface area contributed by atoms with Crippen LogP contribution in [0, 0.1) is 0 Å². The van der Waals surface area contributed by atoms with Crippen LogP contribution in [-0.2, 0) is 32.2 Å². The minimum absolute atomic E-state index is 0.104. The first-order valence-corrected chi connectivity index (χ1v) is 14.1. The molecule has 5 heterocycles. The van der Waals surface area contributed by atoms with Crippen molar-refractivity contribution in [3.05, 3.63) is 101 Å². The number of phenols is 3. The second-order valence-electron chi connectivity index (χ2n) is 11.1. The van der Waals surface area contributed by atoms with Gasteiger partial charge >= 0.3 is 0 Å². The number of benzene rings is 4. The van der Waals surface area contributed by atoms with Crippen molar-refractivity contribution < 1.29 is 20.1 Å². The van der Waals surface area contributed by atoms with Gasteiger partial charge in [0.15, 0.2) is 11.5 Å². The molecule has 4 aromatic carbocycles. The average molecular weight is 537 g/mol. The van der Waals surface area contributed by atoms with Gasteiger partial charge in [0.2, 0.25) is 0 Å². The Hall–Kier alpha value is -4.00. The lowest BCUT2D eigenvalue weighted by atomic mass is 9.90. The fourth-order valence-electron chi connectivity index (χ4n) is 5.72. The van der Waals surface area contributed by atoms with Crippen LogP contribution in [0.3, 0.4) is 0 Å². The largest absolute Gasteiger partial charge is 0.507 e. The number of aryl methyl sites for hydroxylation is 4. The summed E-state index contributed by atoms with van der Waals surface area (Å²) >= 11 is 0. The molecule has 0 aliphatic carbocycles. The molecular weight excluding hydrogens is 500 g/mol. The molecule has 40 heavy (non-hydrogen) atoms. The van der Waals surface area contributed by atoms with Crippen LogP contribution in [0.1, 0.15) is 27.8 Å². The molecule has 0 unspecified atom stereocenters. The number of nitrogens with zero attached hydrogens (tertiary/aromatic N) is 2. The molecule has 0 atom stereocenters. The monoisotopic (exact) mass is 536 g/mol. The zero-order valence-corrected chi connectivity index (χ0v) is 22.9. The second kappa shape index (κ2) is 11.2. The van der Waals surface area contributed by atoms with Crippen molar-refractivity contribution in [1.29, 1.82) is 0 Å². The first-order chi connectivity index (χ1) is 19.4. The van der Waals surface area contributed by atoms with Crippen LogP contribution >= 0.6 is 0 Å². The van der Waals surface area contributed by atoms with E-state index in [2.05, 4.69) is 22.9 Å². The number of hydrogen-bond donors (Lipinski definition) is 3. The average Bonchev–Trinajstić information content (AvgIpc) is 2.95. The Labute approximate surface area is 235 Å². The Morgan fingerprint density at radius 3 is 2.10 bits per heavy atom. The van der Waals surface area contributed by atoms with Crippen molar-refractivity contribution >= 4 is 0 Å². The maximum absolute atomic E-state index is 11.6. The molecule has 4 aromatic rings. The van der Waals surface area contributed by atoms with E-state index in [1.54, 1.807) is 6.07 Å². The van der Waals surface area contributed by atoms with Crippen molar-refractivity contribution in [2.45, 2.75) is 32.2 Å². The third-order valence-corrected chi connectivity index (χ3v) is 8.23. The van der Waals surface area contributed by atoms with Gasteiger partial charge in [0.25, 0.3) is 0 Å². The summed E-state index contributed by atoms with van der Waals surface area (Å²) in [4.78, 5) is 4.70.